The summed E-state index contributed by atoms with van der Waals surface area (Å²) in [6.45, 7) is 4.08. The largest absolute Gasteiger partial charge is 0.472 e. The van der Waals surface area contributed by atoms with Gasteiger partial charge in [0.05, 0.1) is 27.7 Å². The van der Waals surface area contributed by atoms with Crippen LogP contribution < -0.4 is 0 Å². The van der Waals surface area contributed by atoms with E-state index in [0.717, 1.165) is 103 Å². The van der Waals surface area contributed by atoms with Gasteiger partial charge in [-0.2, -0.15) is 0 Å². The van der Waals surface area contributed by atoms with Crippen LogP contribution in [0.2, 0.25) is 0 Å². The van der Waals surface area contributed by atoms with Crippen molar-refractivity contribution in [2.24, 2.45) is 0 Å². The lowest BCUT2D eigenvalue weighted by Gasteiger charge is -2.24. The third-order valence-electron chi connectivity index (χ3n) is 11.4. The van der Waals surface area contributed by atoms with Gasteiger partial charge in [0.1, 0.15) is 19.8 Å². The fourth-order valence-corrected chi connectivity index (χ4v) is 7.78. The van der Waals surface area contributed by atoms with Crippen LogP contribution >= 0.6 is 7.82 Å². The first kappa shape index (κ1) is 69.9. The van der Waals surface area contributed by atoms with E-state index < -0.39 is 32.5 Å². The molecule has 0 aliphatic rings. The van der Waals surface area contributed by atoms with Gasteiger partial charge in [-0.3, -0.25) is 18.6 Å². The normalized spacial score (nSPS) is 14.4. The molecule has 0 heterocycles. The SMILES string of the molecule is CC/C=C\C/C=C\C/C=C\C/C=C\C/C=C\C/C=C\C/C=C\C/C=C\CCCCCCCCCCCCCCC(=O)OC(COC(=O)CC/C=C\C/C=C\C/C=C\C/C=C\CC)COP(=O)(O)OCC[N+](C)(C)C. The van der Waals surface area contributed by atoms with Crippen LogP contribution in [0.3, 0.4) is 0 Å². The lowest BCUT2D eigenvalue weighted by atomic mass is 10.0. The molecule has 0 aliphatic carbocycles. The molecule has 0 aromatic heterocycles. The fraction of sp³-hybridized carbons (Fsp3) is 0.594. The van der Waals surface area contributed by atoms with E-state index in [2.05, 4.69) is 148 Å². The monoisotopic (exact) mass is 1050 g/mol. The van der Waals surface area contributed by atoms with Crippen molar-refractivity contribution in [1.29, 1.82) is 0 Å². The number of hydrogen-bond acceptors (Lipinski definition) is 7. The van der Waals surface area contributed by atoms with Crippen molar-refractivity contribution in [2.45, 2.75) is 200 Å². The Kier molecular flexibility index (Phi) is 50.7. The first-order valence-corrected chi connectivity index (χ1v) is 30.1. The Morgan fingerprint density at radius 2 is 0.757 bits per heavy atom. The van der Waals surface area contributed by atoms with Gasteiger partial charge in [-0.1, -0.05) is 224 Å². The van der Waals surface area contributed by atoms with E-state index in [0.29, 0.717) is 23.9 Å². The van der Waals surface area contributed by atoms with Crippen LogP contribution in [0.1, 0.15) is 194 Å². The van der Waals surface area contributed by atoms with Crippen LogP contribution in [0.25, 0.3) is 0 Å². The number of unbranched alkanes of at least 4 members (excludes halogenated alkanes) is 12. The zero-order valence-electron chi connectivity index (χ0n) is 47.3. The summed E-state index contributed by atoms with van der Waals surface area (Å²) in [6, 6.07) is 0. The molecule has 9 nitrogen and oxygen atoms in total. The highest BCUT2D eigenvalue weighted by atomic mass is 31.2. The minimum Gasteiger partial charge on any atom is -0.462 e. The number of phosphoric acid groups is 1. The number of carbonyl (C=O) groups is 2. The van der Waals surface area contributed by atoms with Gasteiger partial charge >= 0.3 is 19.8 Å². The average molecular weight is 1050 g/mol. The Bertz CT molecular complexity index is 1760. The van der Waals surface area contributed by atoms with Gasteiger partial charge in [-0.05, 0) is 103 Å². The molecule has 0 spiro atoms. The number of esters is 2. The molecule has 74 heavy (non-hydrogen) atoms. The molecule has 0 saturated carbocycles. The van der Waals surface area contributed by atoms with E-state index in [-0.39, 0.29) is 26.1 Å². The van der Waals surface area contributed by atoms with Crippen LogP contribution in [-0.2, 0) is 32.7 Å². The highest BCUT2D eigenvalue weighted by molar-refractivity contribution is 7.47. The fourth-order valence-electron chi connectivity index (χ4n) is 7.04. The van der Waals surface area contributed by atoms with Crippen LogP contribution in [0.5, 0.6) is 0 Å². The lowest BCUT2D eigenvalue weighted by molar-refractivity contribution is -0.870. The number of quaternary nitrogens is 1. The highest BCUT2D eigenvalue weighted by Crippen LogP contribution is 2.43. The maximum Gasteiger partial charge on any atom is 0.472 e. The molecular formula is C64H105NO8P+. The molecule has 418 valence electrons. The molecule has 0 fully saturated rings. The molecule has 0 amide bonds. The summed E-state index contributed by atoms with van der Waals surface area (Å²) in [5, 5.41) is 0. The molecule has 1 N–H and O–H groups in total. The topological polar surface area (TPSA) is 108 Å². The molecule has 0 aliphatic heterocycles. The number of phosphoric ester groups is 1. The van der Waals surface area contributed by atoms with E-state index in [1.807, 2.05) is 33.3 Å². The van der Waals surface area contributed by atoms with E-state index in [4.69, 9.17) is 18.5 Å². The van der Waals surface area contributed by atoms with E-state index >= 15 is 0 Å². The molecule has 0 bridgehead atoms. The van der Waals surface area contributed by atoms with Gasteiger partial charge in [-0.25, -0.2) is 4.57 Å². The smallest absolute Gasteiger partial charge is 0.462 e. The summed E-state index contributed by atoms with van der Waals surface area (Å²) in [5.74, 6) is -0.906. The van der Waals surface area contributed by atoms with Gasteiger partial charge in [-0.15, -0.1) is 0 Å². The summed E-state index contributed by atoms with van der Waals surface area (Å²) < 4.78 is 34.4. The minimum atomic E-state index is -4.41. The predicted octanol–water partition coefficient (Wildman–Crippen LogP) is 17.9. The number of rotatable bonds is 50. The second-order valence-corrected chi connectivity index (χ2v) is 21.0. The predicted molar refractivity (Wildman–Crippen MR) is 316 cm³/mol. The van der Waals surface area contributed by atoms with Crippen molar-refractivity contribution in [3.8, 4) is 0 Å². The third kappa shape index (κ3) is 57.2. The molecule has 0 aromatic rings. The second kappa shape index (κ2) is 53.7. The van der Waals surface area contributed by atoms with E-state index in [1.54, 1.807) is 0 Å². The Morgan fingerprint density at radius 3 is 1.14 bits per heavy atom. The van der Waals surface area contributed by atoms with Gasteiger partial charge in [0.2, 0.25) is 0 Å². The number of nitrogens with zero attached hydrogens (tertiary/aromatic N) is 1. The van der Waals surface area contributed by atoms with Crippen LogP contribution in [0, 0.1) is 0 Å². The Morgan fingerprint density at radius 1 is 0.419 bits per heavy atom. The van der Waals surface area contributed by atoms with Crippen LogP contribution in [-0.4, -0.2) is 74.9 Å². The second-order valence-electron chi connectivity index (χ2n) is 19.6. The number of ether oxygens (including phenoxy) is 2. The van der Waals surface area contributed by atoms with Crippen molar-refractivity contribution in [3.63, 3.8) is 0 Å². The quantitative estimate of drug-likeness (QED) is 0.0211. The number of allylic oxidation sites excluding steroid dienone is 24. The van der Waals surface area contributed by atoms with Gasteiger partial charge < -0.3 is 18.9 Å². The summed E-state index contributed by atoms with van der Waals surface area (Å²) in [5.41, 5.74) is 0. The lowest BCUT2D eigenvalue weighted by Crippen LogP contribution is -2.37. The van der Waals surface area contributed by atoms with Crippen molar-refractivity contribution in [3.05, 3.63) is 146 Å². The van der Waals surface area contributed by atoms with Crippen molar-refractivity contribution < 1.29 is 42.1 Å². The van der Waals surface area contributed by atoms with E-state index in [1.165, 1.54) is 51.4 Å². The zero-order chi connectivity index (χ0) is 54.2. The molecule has 0 radical (unpaired) electrons. The highest BCUT2D eigenvalue weighted by Gasteiger charge is 2.27. The van der Waals surface area contributed by atoms with Crippen molar-refractivity contribution in [2.75, 3.05) is 47.5 Å². The average Bonchev–Trinajstić information content (AvgIpc) is 3.36. The number of hydrogen-bond donors (Lipinski definition) is 1. The Balaban J connectivity index is 4.12. The molecular weight excluding hydrogens is 942 g/mol. The Hall–Kier alpha value is -4.11. The van der Waals surface area contributed by atoms with Crippen molar-refractivity contribution >= 4 is 19.8 Å². The summed E-state index contributed by atoms with van der Waals surface area (Å²) >= 11 is 0. The molecule has 0 rings (SSSR count). The maximum absolute atomic E-state index is 12.8. The molecule has 2 unspecified atom stereocenters. The van der Waals surface area contributed by atoms with E-state index in [9.17, 15) is 19.0 Å². The molecule has 2 atom stereocenters. The first-order valence-electron chi connectivity index (χ1n) is 28.6. The maximum atomic E-state index is 12.8. The Labute approximate surface area is 453 Å². The summed E-state index contributed by atoms with van der Waals surface area (Å²) in [4.78, 5) is 35.5. The summed E-state index contributed by atoms with van der Waals surface area (Å²) in [7, 11) is 1.42. The molecule has 0 aromatic carbocycles. The summed E-state index contributed by atoms with van der Waals surface area (Å²) in [6.07, 6.45) is 79.5. The van der Waals surface area contributed by atoms with Crippen molar-refractivity contribution in [1.82, 2.24) is 0 Å². The first-order chi connectivity index (χ1) is 36.0. The van der Waals surface area contributed by atoms with Crippen LogP contribution in [0.15, 0.2) is 146 Å². The van der Waals surface area contributed by atoms with Gasteiger partial charge in [0, 0.05) is 12.8 Å². The standard InChI is InChI=1S/C64H104NO8P/c1-6-8-10-12-14-16-18-20-21-22-23-24-25-26-27-28-29-30-31-32-33-34-35-36-37-38-39-40-41-42-43-45-47-49-51-53-55-57-64(67)73-62(61-72-74(68,69)71-59-58-65(3,4)5)60-70-63(66)56-54-52-50-48-46-44-19-17-15-13-11-9-7-2/h8-11,14-17,20-21,23-24,26-27,29-30,32-33,35-36,44,46,50,52,62H,6-7,12-13,18-19,22,25,28,31,34,37-43,45,47-49,51,53-61H2,1-5H3/p+1/b10-8-,11-9-,16-14-,17-15-,21-20-,24-23-,27-26-,30-29-,33-32-,36-35-,46-44-,52-50-. The zero-order valence-corrected chi connectivity index (χ0v) is 48.2. The van der Waals surface area contributed by atoms with Crippen LogP contribution in [0.4, 0.5) is 0 Å². The minimum absolute atomic E-state index is 0.0137. The molecule has 10 heteroatoms. The third-order valence-corrected chi connectivity index (χ3v) is 12.4. The number of carbonyl (C=O) groups excluding carboxylic acids is 2. The van der Waals surface area contributed by atoms with Gasteiger partial charge in [0.15, 0.2) is 6.10 Å². The van der Waals surface area contributed by atoms with Gasteiger partial charge in [0.25, 0.3) is 0 Å². The molecule has 0 saturated heterocycles. The number of likely N-dealkylation sites (N-methyl/N-ethyl adjacent to an activating group) is 1.